The molecule has 0 aliphatic carbocycles. The molecule has 2 heterocycles. The highest BCUT2D eigenvalue weighted by Gasteiger charge is 2.36. The van der Waals surface area contributed by atoms with E-state index in [1.165, 1.54) is 16.2 Å². The summed E-state index contributed by atoms with van der Waals surface area (Å²) < 4.78 is 5.38. The van der Waals surface area contributed by atoms with Crippen LogP contribution in [0.2, 0.25) is 0 Å². The van der Waals surface area contributed by atoms with E-state index in [0.717, 1.165) is 26.7 Å². The summed E-state index contributed by atoms with van der Waals surface area (Å²) in [5, 5.41) is 34.8. The highest BCUT2D eigenvalue weighted by Crippen LogP contribution is 2.20. The Kier molecular flexibility index (Phi) is 14.9. The summed E-state index contributed by atoms with van der Waals surface area (Å²) in [6.45, 7) is 8.02. The lowest BCUT2D eigenvalue weighted by atomic mass is 9.90. The maximum absolute atomic E-state index is 13.9. The predicted molar refractivity (Wildman–Crippen MR) is 198 cm³/mol. The van der Waals surface area contributed by atoms with Crippen LogP contribution in [-0.4, -0.2) is 80.5 Å². The minimum absolute atomic E-state index is 0.000151. The van der Waals surface area contributed by atoms with Crippen molar-refractivity contribution in [2.45, 2.75) is 89.9 Å². The number of ether oxygens (including phenoxy) is 1. The smallest absolute Gasteiger partial charge is 0.407 e. The molecule has 0 bridgehead atoms. The molecule has 5 atom stereocenters. The summed E-state index contributed by atoms with van der Waals surface area (Å²) >= 11 is 2.89. The third kappa shape index (κ3) is 12.1. The molecule has 4 aromatic rings. The number of carbonyl (C=O) groups is 3. The molecule has 12 nitrogen and oxygen atoms in total. The van der Waals surface area contributed by atoms with E-state index >= 15 is 0 Å². The van der Waals surface area contributed by atoms with Gasteiger partial charge in [0.1, 0.15) is 24.9 Å². The van der Waals surface area contributed by atoms with Crippen LogP contribution in [0.4, 0.5) is 9.59 Å². The number of hydrogen-bond acceptors (Lipinski definition) is 10. The van der Waals surface area contributed by atoms with Crippen LogP contribution in [0.15, 0.2) is 77.8 Å². The molecule has 4 amide bonds. The zero-order valence-electron chi connectivity index (χ0n) is 29.6. The largest absolute Gasteiger partial charge is 0.444 e. The normalized spacial score (nSPS) is 14.3. The van der Waals surface area contributed by atoms with Crippen molar-refractivity contribution in [3.05, 3.63) is 104 Å². The summed E-state index contributed by atoms with van der Waals surface area (Å²) in [7, 11) is 1.64. The van der Waals surface area contributed by atoms with Gasteiger partial charge in [0.15, 0.2) is 0 Å². The van der Waals surface area contributed by atoms with Gasteiger partial charge < -0.3 is 35.8 Å². The molecule has 0 aliphatic rings. The SMILES string of the molecule is CC(C)c1nc(CN(C)C(=O)N[C@H](C(=O)N[C@@H](Cc2ccccc2)[C@@H](O)[C@@H](O)[C@H](Cc2ccccc2)NC(=O)OCc2cncs2)C(C)C)cs1. The van der Waals surface area contributed by atoms with Gasteiger partial charge in [-0.15, -0.1) is 22.7 Å². The third-order valence-corrected chi connectivity index (χ3v) is 10.2. The van der Waals surface area contributed by atoms with Gasteiger partial charge in [0.25, 0.3) is 0 Å². The van der Waals surface area contributed by atoms with Crippen LogP contribution < -0.4 is 16.0 Å². The Labute approximate surface area is 307 Å². The first kappa shape index (κ1) is 39.4. The van der Waals surface area contributed by atoms with Crippen LogP contribution in [-0.2, 0) is 35.5 Å². The minimum atomic E-state index is -1.53. The highest BCUT2D eigenvalue weighted by atomic mass is 32.1. The second-order valence-corrected chi connectivity index (χ2v) is 15.0. The molecule has 274 valence electrons. The number of rotatable bonds is 17. The van der Waals surface area contributed by atoms with Crippen LogP contribution >= 0.6 is 22.7 Å². The second kappa shape index (κ2) is 19.3. The van der Waals surface area contributed by atoms with Gasteiger partial charge >= 0.3 is 12.1 Å². The van der Waals surface area contributed by atoms with Crippen LogP contribution in [0.5, 0.6) is 0 Å². The molecule has 0 unspecified atom stereocenters. The maximum Gasteiger partial charge on any atom is 0.407 e. The van der Waals surface area contributed by atoms with Crippen molar-refractivity contribution < 1.29 is 29.3 Å². The molecule has 51 heavy (non-hydrogen) atoms. The quantitative estimate of drug-likeness (QED) is 0.102. The Morgan fingerprint density at radius 3 is 1.94 bits per heavy atom. The molecular weight excluding hydrogens is 689 g/mol. The average molecular weight is 737 g/mol. The lowest BCUT2D eigenvalue weighted by Gasteiger charge is -2.34. The van der Waals surface area contributed by atoms with Gasteiger partial charge in [-0.05, 0) is 29.9 Å². The number of benzene rings is 2. The summed E-state index contributed by atoms with van der Waals surface area (Å²) in [5.74, 6) is -0.553. The van der Waals surface area contributed by atoms with E-state index in [-0.39, 0.29) is 37.8 Å². The van der Waals surface area contributed by atoms with Crippen molar-refractivity contribution in [1.29, 1.82) is 0 Å². The molecule has 2 aromatic heterocycles. The number of hydrogen-bond donors (Lipinski definition) is 5. The number of nitrogens with one attached hydrogen (secondary N) is 3. The average Bonchev–Trinajstić information content (AvgIpc) is 3.82. The standard InChI is InChI=1S/C37H48N6O6S2/c1-23(2)31(42-36(47)43(5)19-27-21-50-35(39-27)24(3)4)34(46)40-29(16-25-12-8-6-9-13-25)32(44)33(45)30(17-26-14-10-7-11-15-26)41-37(48)49-20-28-18-38-22-51-28/h6-15,18,21-24,29-33,44-45H,16-17,19-20H2,1-5H3,(H,40,46)(H,41,48)(H,42,47)/t29-,30-,31-,32+,33-/m0/s1. The Morgan fingerprint density at radius 2 is 1.43 bits per heavy atom. The number of nitrogens with zero attached hydrogens (tertiary/aromatic N) is 3. The molecule has 0 fully saturated rings. The first-order chi connectivity index (χ1) is 24.4. The fourth-order valence-corrected chi connectivity index (χ4v) is 6.73. The van der Waals surface area contributed by atoms with Crippen molar-refractivity contribution in [2.24, 2.45) is 5.92 Å². The minimum Gasteiger partial charge on any atom is -0.444 e. The molecule has 0 saturated carbocycles. The molecule has 0 saturated heterocycles. The van der Waals surface area contributed by atoms with Crippen molar-refractivity contribution in [2.75, 3.05) is 7.05 Å². The fraction of sp³-hybridized carbons (Fsp3) is 0.432. The van der Waals surface area contributed by atoms with Gasteiger partial charge in [-0.25, -0.2) is 14.6 Å². The lowest BCUT2D eigenvalue weighted by Crippen LogP contribution is -2.60. The Morgan fingerprint density at radius 1 is 0.843 bits per heavy atom. The first-order valence-corrected chi connectivity index (χ1v) is 18.7. The maximum atomic E-state index is 13.9. The number of urea groups is 1. The number of alkyl carbamates (subject to hydrolysis) is 1. The number of thiazole rings is 2. The molecule has 0 radical (unpaired) electrons. The van der Waals surface area contributed by atoms with Crippen LogP contribution in [0.3, 0.4) is 0 Å². The highest BCUT2D eigenvalue weighted by molar-refractivity contribution is 7.09. The summed E-state index contributed by atoms with van der Waals surface area (Å²) in [5.41, 5.74) is 4.01. The van der Waals surface area contributed by atoms with Gasteiger partial charge in [-0.2, -0.15) is 0 Å². The molecule has 0 spiro atoms. The summed E-state index contributed by atoms with van der Waals surface area (Å²) in [6.07, 6.45) is -1.89. The van der Waals surface area contributed by atoms with Gasteiger partial charge in [0.2, 0.25) is 5.91 Å². The fourth-order valence-electron chi connectivity index (χ4n) is 5.40. The van der Waals surface area contributed by atoms with E-state index in [0.29, 0.717) is 0 Å². The second-order valence-electron chi connectivity index (χ2n) is 13.1. The van der Waals surface area contributed by atoms with Crippen molar-refractivity contribution >= 4 is 40.7 Å². The van der Waals surface area contributed by atoms with E-state index in [1.54, 1.807) is 30.1 Å². The lowest BCUT2D eigenvalue weighted by molar-refractivity contribution is -0.126. The molecule has 4 rings (SSSR count). The molecular formula is C37H48N6O6S2. The predicted octanol–water partition coefficient (Wildman–Crippen LogP) is 4.88. The number of aliphatic hydroxyl groups excluding tert-OH is 2. The molecule has 5 N–H and O–H groups in total. The zero-order valence-corrected chi connectivity index (χ0v) is 31.2. The number of carbonyl (C=O) groups excluding carboxylic acids is 3. The van der Waals surface area contributed by atoms with Crippen molar-refractivity contribution in [3.63, 3.8) is 0 Å². The first-order valence-electron chi connectivity index (χ1n) is 16.9. The van der Waals surface area contributed by atoms with Crippen LogP contribution in [0.25, 0.3) is 0 Å². The van der Waals surface area contributed by atoms with E-state index in [4.69, 9.17) is 4.74 Å². The molecule has 2 aromatic carbocycles. The topological polar surface area (TPSA) is 166 Å². The summed E-state index contributed by atoms with van der Waals surface area (Å²) in [6, 6.07) is 15.1. The molecule has 0 aliphatic heterocycles. The number of aromatic nitrogens is 2. The monoisotopic (exact) mass is 736 g/mol. The van der Waals surface area contributed by atoms with Gasteiger partial charge in [-0.1, -0.05) is 88.4 Å². The Balaban J connectivity index is 1.50. The Bertz CT molecular complexity index is 1650. The van der Waals surface area contributed by atoms with E-state index in [2.05, 4.69) is 39.8 Å². The molecule has 14 heteroatoms. The van der Waals surface area contributed by atoms with Gasteiger partial charge in [-0.3, -0.25) is 9.78 Å². The zero-order chi connectivity index (χ0) is 36.9. The van der Waals surface area contributed by atoms with Crippen molar-refractivity contribution in [3.8, 4) is 0 Å². The van der Waals surface area contributed by atoms with Gasteiger partial charge in [0.05, 0.1) is 39.7 Å². The van der Waals surface area contributed by atoms with E-state index in [9.17, 15) is 24.6 Å². The van der Waals surface area contributed by atoms with Gasteiger partial charge in [0, 0.05) is 24.5 Å². The van der Waals surface area contributed by atoms with Crippen LogP contribution in [0.1, 0.15) is 60.3 Å². The number of amides is 4. The van der Waals surface area contributed by atoms with Crippen molar-refractivity contribution in [1.82, 2.24) is 30.8 Å². The van der Waals surface area contributed by atoms with E-state index in [1.807, 2.05) is 79.9 Å². The van der Waals surface area contributed by atoms with Crippen LogP contribution in [0, 0.1) is 5.92 Å². The summed E-state index contributed by atoms with van der Waals surface area (Å²) in [4.78, 5) is 50.9. The Hall–Kier alpha value is -4.37. The number of aliphatic hydroxyl groups is 2. The third-order valence-electron chi connectivity index (χ3n) is 8.27. The van der Waals surface area contributed by atoms with E-state index < -0.39 is 48.4 Å².